The highest BCUT2D eigenvalue weighted by atomic mass is 32.2. The van der Waals surface area contributed by atoms with E-state index in [0.717, 1.165) is 17.1 Å². The molecule has 1 aromatic carbocycles. The van der Waals surface area contributed by atoms with Gasteiger partial charge in [-0.1, -0.05) is 48.2 Å². The number of benzene rings is 1. The number of pyridine rings is 1. The van der Waals surface area contributed by atoms with Crippen LogP contribution in [0.1, 0.15) is 11.4 Å². The lowest BCUT2D eigenvalue weighted by Gasteiger charge is -2.13. The lowest BCUT2D eigenvalue weighted by molar-refractivity contribution is -0.113. The second-order valence-electron chi connectivity index (χ2n) is 4.56. The minimum absolute atomic E-state index is 0.0977. The molecule has 1 fully saturated rings. The number of anilines is 1. The highest BCUT2D eigenvalue weighted by molar-refractivity contribution is 8.27. The quantitative estimate of drug-likeness (QED) is 0.624. The maximum Gasteiger partial charge on any atom is 0.270 e. The maximum atomic E-state index is 12.5. The molecule has 0 spiro atoms. The van der Waals surface area contributed by atoms with Crippen molar-refractivity contribution in [3.05, 3.63) is 64.8 Å². The van der Waals surface area contributed by atoms with Crippen LogP contribution in [0, 0.1) is 6.92 Å². The fourth-order valence-electron chi connectivity index (χ4n) is 2.05. The van der Waals surface area contributed by atoms with Gasteiger partial charge in [0.15, 0.2) is 4.32 Å². The van der Waals surface area contributed by atoms with Gasteiger partial charge in [0.05, 0.1) is 16.3 Å². The van der Waals surface area contributed by atoms with Crippen LogP contribution < -0.4 is 4.90 Å². The third-order valence-electron chi connectivity index (χ3n) is 3.00. The molecule has 0 bridgehead atoms. The Morgan fingerprint density at radius 2 is 1.90 bits per heavy atom. The molecule has 5 heteroatoms. The van der Waals surface area contributed by atoms with Crippen LogP contribution in [0.3, 0.4) is 0 Å². The molecule has 2 aromatic rings. The molecule has 1 amide bonds. The minimum Gasteiger partial charge on any atom is -0.268 e. The molecule has 0 atom stereocenters. The monoisotopic (exact) mass is 312 g/mol. The van der Waals surface area contributed by atoms with Gasteiger partial charge in [-0.2, -0.15) is 0 Å². The molecule has 21 heavy (non-hydrogen) atoms. The van der Waals surface area contributed by atoms with Crippen molar-refractivity contribution in [3.8, 4) is 0 Å². The predicted octanol–water partition coefficient (Wildman–Crippen LogP) is 3.80. The van der Waals surface area contributed by atoms with Crippen molar-refractivity contribution in [1.29, 1.82) is 0 Å². The number of thioether (sulfide) groups is 1. The fourth-order valence-corrected chi connectivity index (χ4v) is 3.33. The Morgan fingerprint density at radius 1 is 1.14 bits per heavy atom. The van der Waals surface area contributed by atoms with Gasteiger partial charge in [-0.05, 0) is 37.3 Å². The summed E-state index contributed by atoms with van der Waals surface area (Å²) < 4.78 is 0.546. The van der Waals surface area contributed by atoms with Crippen molar-refractivity contribution in [2.75, 3.05) is 4.90 Å². The van der Waals surface area contributed by atoms with Crippen LogP contribution in [0.2, 0.25) is 0 Å². The van der Waals surface area contributed by atoms with E-state index in [1.807, 2.05) is 55.5 Å². The van der Waals surface area contributed by atoms with E-state index in [1.165, 1.54) is 11.8 Å². The van der Waals surface area contributed by atoms with Crippen LogP contribution in [0.25, 0.3) is 6.08 Å². The van der Waals surface area contributed by atoms with Gasteiger partial charge in [-0.25, -0.2) is 0 Å². The average Bonchev–Trinajstić information content (AvgIpc) is 2.74. The Balaban J connectivity index is 1.94. The SMILES string of the molecule is Cc1cccc(C=C2SC(=S)N(c3ccccc3)C2=O)n1. The Bertz CT molecular complexity index is 741. The van der Waals surface area contributed by atoms with Crippen molar-refractivity contribution in [3.63, 3.8) is 0 Å². The number of carbonyl (C=O) groups excluding carboxylic acids is 1. The first kappa shape index (κ1) is 14.0. The molecule has 0 saturated carbocycles. The molecule has 1 aliphatic heterocycles. The number of amides is 1. The van der Waals surface area contributed by atoms with E-state index in [2.05, 4.69) is 4.98 Å². The Morgan fingerprint density at radius 3 is 2.62 bits per heavy atom. The summed E-state index contributed by atoms with van der Waals surface area (Å²) >= 11 is 6.63. The molecule has 0 unspecified atom stereocenters. The van der Waals surface area contributed by atoms with Crippen molar-refractivity contribution < 1.29 is 4.79 Å². The number of para-hydroxylation sites is 1. The summed E-state index contributed by atoms with van der Waals surface area (Å²) in [5, 5.41) is 0. The molecule has 1 saturated heterocycles. The van der Waals surface area contributed by atoms with Crippen molar-refractivity contribution in [1.82, 2.24) is 4.98 Å². The van der Waals surface area contributed by atoms with Crippen LogP contribution >= 0.6 is 24.0 Å². The predicted molar refractivity (Wildman–Crippen MR) is 91.1 cm³/mol. The zero-order chi connectivity index (χ0) is 14.8. The molecule has 0 radical (unpaired) electrons. The van der Waals surface area contributed by atoms with E-state index < -0.39 is 0 Å². The average molecular weight is 312 g/mol. The van der Waals surface area contributed by atoms with Crippen LogP contribution in [0.5, 0.6) is 0 Å². The summed E-state index contributed by atoms with van der Waals surface area (Å²) in [6.45, 7) is 1.92. The number of aryl methyl sites for hydroxylation is 1. The summed E-state index contributed by atoms with van der Waals surface area (Å²) in [5.41, 5.74) is 2.48. The third kappa shape index (κ3) is 2.89. The Labute approximate surface area is 132 Å². The number of aromatic nitrogens is 1. The number of carbonyl (C=O) groups is 1. The second-order valence-corrected chi connectivity index (χ2v) is 6.23. The number of rotatable bonds is 2. The van der Waals surface area contributed by atoms with Gasteiger partial charge in [0.2, 0.25) is 0 Å². The van der Waals surface area contributed by atoms with Gasteiger partial charge in [0.1, 0.15) is 0 Å². The van der Waals surface area contributed by atoms with E-state index in [1.54, 1.807) is 11.0 Å². The molecule has 1 aromatic heterocycles. The lowest BCUT2D eigenvalue weighted by atomic mass is 10.2. The van der Waals surface area contributed by atoms with Gasteiger partial charge in [-0.15, -0.1) is 0 Å². The summed E-state index contributed by atoms with van der Waals surface area (Å²) in [4.78, 5) is 19.1. The lowest BCUT2D eigenvalue weighted by Crippen LogP contribution is -2.27. The van der Waals surface area contributed by atoms with E-state index in [4.69, 9.17) is 12.2 Å². The normalized spacial score (nSPS) is 16.8. The zero-order valence-electron chi connectivity index (χ0n) is 11.3. The Kier molecular flexibility index (Phi) is 3.86. The molecule has 2 heterocycles. The van der Waals surface area contributed by atoms with E-state index in [9.17, 15) is 4.79 Å². The van der Waals surface area contributed by atoms with Gasteiger partial charge in [0, 0.05) is 5.69 Å². The van der Waals surface area contributed by atoms with E-state index in [-0.39, 0.29) is 5.91 Å². The first-order chi connectivity index (χ1) is 10.1. The molecule has 3 rings (SSSR count). The molecule has 3 nitrogen and oxygen atoms in total. The van der Waals surface area contributed by atoms with Gasteiger partial charge < -0.3 is 0 Å². The molecule has 1 aliphatic rings. The smallest absolute Gasteiger partial charge is 0.268 e. The van der Waals surface area contributed by atoms with E-state index in [0.29, 0.717) is 9.23 Å². The van der Waals surface area contributed by atoms with Crippen LogP contribution in [0.15, 0.2) is 53.4 Å². The first-order valence-corrected chi connectivity index (χ1v) is 7.64. The molecular formula is C16H12N2OS2. The highest BCUT2D eigenvalue weighted by Gasteiger charge is 2.33. The number of thiocarbonyl (C=S) groups is 1. The molecular weight excluding hydrogens is 300 g/mol. The van der Waals surface area contributed by atoms with Crippen LogP contribution in [-0.4, -0.2) is 15.2 Å². The van der Waals surface area contributed by atoms with Crippen LogP contribution in [-0.2, 0) is 4.79 Å². The number of hydrogen-bond donors (Lipinski definition) is 0. The van der Waals surface area contributed by atoms with Crippen molar-refractivity contribution in [2.24, 2.45) is 0 Å². The van der Waals surface area contributed by atoms with E-state index >= 15 is 0 Å². The molecule has 0 aliphatic carbocycles. The van der Waals surface area contributed by atoms with Crippen molar-refractivity contribution in [2.45, 2.75) is 6.92 Å². The number of hydrogen-bond acceptors (Lipinski definition) is 4. The number of nitrogens with zero attached hydrogens (tertiary/aromatic N) is 2. The Hall–Kier alpha value is -1.98. The maximum absolute atomic E-state index is 12.5. The topological polar surface area (TPSA) is 33.2 Å². The van der Waals surface area contributed by atoms with Crippen molar-refractivity contribution >= 4 is 46.0 Å². The zero-order valence-corrected chi connectivity index (χ0v) is 12.9. The second kappa shape index (κ2) is 5.79. The van der Waals surface area contributed by atoms with Gasteiger partial charge >= 0.3 is 0 Å². The summed E-state index contributed by atoms with van der Waals surface area (Å²) in [6, 6.07) is 15.2. The highest BCUT2D eigenvalue weighted by Crippen LogP contribution is 2.35. The minimum atomic E-state index is -0.0977. The summed E-state index contributed by atoms with van der Waals surface area (Å²) in [5.74, 6) is -0.0977. The summed E-state index contributed by atoms with van der Waals surface area (Å²) in [6.07, 6.45) is 1.79. The van der Waals surface area contributed by atoms with Gasteiger partial charge in [-0.3, -0.25) is 14.7 Å². The molecule has 0 N–H and O–H groups in total. The molecule has 104 valence electrons. The largest absolute Gasteiger partial charge is 0.270 e. The standard InChI is InChI=1S/C16H12N2OS2/c1-11-6-5-7-12(17-11)10-14-15(19)18(16(20)21-14)13-8-3-2-4-9-13/h2-10H,1H3. The van der Waals surface area contributed by atoms with Gasteiger partial charge in [0.25, 0.3) is 5.91 Å². The first-order valence-electron chi connectivity index (χ1n) is 6.42. The summed E-state index contributed by atoms with van der Waals surface area (Å²) in [7, 11) is 0. The fraction of sp³-hybridized carbons (Fsp3) is 0.0625. The third-order valence-corrected chi connectivity index (χ3v) is 4.30. The van der Waals surface area contributed by atoms with Crippen LogP contribution in [0.4, 0.5) is 5.69 Å².